The van der Waals surface area contributed by atoms with Gasteiger partial charge in [-0.1, -0.05) is 48.5 Å². The first-order valence-corrected chi connectivity index (χ1v) is 7.84. The highest BCUT2D eigenvalue weighted by atomic mass is 16.5. The quantitative estimate of drug-likeness (QED) is 0.462. The van der Waals surface area contributed by atoms with Crippen molar-refractivity contribution in [3.63, 3.8) is 0 Å². The van der Waals surface area contributed by atoms with E-state index in [9.17, 15) is 15.3 Å². The van der Waals surface area contributed by atoms with Crippen molar-refractivity contribution in [1.82, 2.24) is 0 Å². The summed E-state index contributed by atoms with van der Waals surface area (Å²) in [6.45, 7) is 0. The minimum atomic E-state index is -0.243. The largest absolute Gasteiger partial charge is 0.504 e. The number of benzene rings is 4. The number of aromatic hydroxyl groups is 3. The lowest BCUT2D eigenvalue weighted by molar-refractivity contribution is 0.375. The van der Waals surface area contributed by atoms with E-state index in [1.165, 1.54) is 13.2 Å². The van der Waals surface area contributed by atoms with E-state index in [1.807, 2.05) is 48.5 Å². The molecule has 0 atom stereocenters. The van der Waals surface area contributed by atoms with E-state index in [-0.39, 0.29) is 23.0 Å². The van der Waals surface area contributed by atoms with Gasteiger partial charge < -0.3 is 20.1 Å². The fourth-order valence-corrected chi connectivity index (χ4v) is 3.34. The van der Waals surface area contributed by atoms with Crippen LogP contribution in [0.1, 0.15) is 0 Å². The Bertz CT molecular complexity index is 1120. The van der Waals surface area contributed by atoms with Gasteiger partial charge in [0.25, 0.3) is 0 Å². The number of methoxy groups -OCH3 is 1. The Morgan fingerprint density at radius 3 is 1.80 bits per heavy atom. The number of ether oxygens (including phenoxy) is 1. The summed E-state index contributed by atoms with van der Waals surface area (Å²) in [6.07, 6.45) is 0. The lowest BCUT2D eigenvalue weighted by atomic mass is 9.91. The van der Waals surface area contributed by atoms with Crippen molar-refractivity contribution in [1.29, 1.82) is 0 Å². The van der Waals surface area contributed by atoms with Crippen LogP contribution in [0.25, 0.3) is 32.7 Å². The van der Waals surface area contributed by atoms with Crippen LogP contribution in [0, 0.1) is 0 Å². The average Bonchev–Trinajstić information content (AvgIpc) is 2.62. The van der Waals surface area contributed by atoms with Crippen molar-refractivity contribution in [2.45, 2.75) is 0 Å². The maximum atomic E-state index is 10.6. The van der Waals surface area contributed by atoms with Gasteiger partial charge in [0.15, 0.2) is 23.0 Å². The zero-order chi connectivity index (χ0) is 17.6. The molecule has 0 radical (unpaired) electrons. The molecule has 124 valence electrons. The Balaban J connectivity index is 2.27. The molecule has 0 aromatic heterocycles. The predicted octanol–water partition coefficient (Wildman–Crippen LogP) is 4.79. The summed E-state index contributed by atoms with van der Waals surface area (Å²) in [5.41, 5.74) is 0.974. The molecule has 0 saturated carbocycles. The Kier molecular flexibility index (Phi) is 3.39. The van der Waals surface area contributed by atoms with Crippen LogP contribution in [0.15, 0.2) is 60.7 Å². The molecule has 0 aliphatic carbocycles. The minimum Gasteiger partial charge on any atom is -0.504 e. The van der Waals surface area contributed by atoms with Gasteiger partial charge in [-0.25, -0.2) is 0 Å². The van der Waals surface area contributed by atoms with E-state index in [1.54, 1.807) is 6.07 Å². The van der Waals surface area contributed by atoms with E-state index < -0.39 is 0 Å². The number of phenolic OH excluding ortho intramolecular Hbond substituents is 3. The molecule has 25 heavy (non-hydrogen) atoms. The van der Waals surface area contributed by atoms with E-state index in [0.29, 0.717) is 11.1 Å². The first-order chi connectivity index (χ1) is 12.1. The summed E-state index contributed by atoms with van der Waals surface area (Å²) in [5, 5.41) is 34.4. The van der Waals surface area contributed by atoms with E-state index in [0.717, 1.165) is 21.5 Å². The lowest BCUT2D eigenvalue weighted by Gasteiger charge is -2.17. The third-order valence-electron chi connectivity index (χ3n) is 4.44. The fraction of sp³-hybridized carbons (Fsp3) is 0.0476. The standard InChI is InChI=1S/C21H16O4/c1-25-21-17(23)11-13-7-3-5-9-15(13)19(21)18-14-8-4-2-6-12(14)10-16(22)20(18)24/h2-11,22-24H,1H3. The first-order valence-electron chi connectivity index (χ1n) is 7.84. The normalized spacial score (nSPS) is 11.1. The van der Waals surface area contributed by atoms with Crippen molar-refractivity contribution < 1.29 is 20.1 Å². The van der Waals surface area contributed by atoms with Gasteiger partial charge in [-0.15, -0.1) is 0 Å². The van der Waals surface area contributed by atoms with Crippen molar-refractivity contribution in [3.05, 3.63) is 60.7 Å². The van der Waals surface area contributed by atoms with Crippen LogP contribution >= 0.6 is 0 Å². The Labute approximate surface area is 144 Å². The van der Waals surface area contributed by atoms with Crippen molar-refractivity contribution >= 4 is 21.5 Å². The molecule has 0 unspecified atom stereocenters. The third kappa shape index (κ3) is 2.22. The summed E-state index contributed by atoms with van der Waals surface area (Å²) < 4.78 is 5.44. The van der Waals surface area contributed by atoms with Crippen LogP contribution in [-0.2, 0) is 0 Å². The summed E-state index contributed by atoms with van der Waals surface area (Å²) in [6, 6.07) is 18.1. The molecule has 0 spiro atoms. The second kappa shape index (κ2) is 5.60. The van der Waals surface area contributed by atoms with Crippen LogP contribution in [0.5, 0.6) is 23.0 Å². The molecule has 4 heteroatoms. The highest BCUT2D eigenvalue weighted by Gasteiger charge is 2.22. The third-order valence-corrected chi connectivity index (χ3v) is 4.44. The molecule has 4 aromatic carbocycles. The minimum absolute atomic E-state index is 0.0250. The van der Waals surface area contributed by atoms with Gasteiger partial charge in [0.2, 0.25) is 0 Å². The van der Waals surface area contributed by atoms with E-state index in [4.69, 9.17) is 4.74 Å². The number of rotatable bonds is 2. The average molecular weight is 332 g/mol. The molecule has 4 rings (SSSR count). The Morgan fingerprint density at radius 1 is 0.680 bits per heavy atom. The molecule has 3 N–H and O–H groups in total. The smallest absolute Gasteiger partial charge is 0.169 e. The SMILES string of the molecule is COc1c(O)cc2ccccc2c1-c1c(O)c(O)cc2ccccc12. The molecule has 0 saturated heterocycles. The molecule has 0 heterocycles. The second-order valence-corrected chi connectivity index (χ2v) is 5.87. The molecule has 4 aromatic rings. The van der Waals surface area contributed by atoms with Gasteiger partial charge in [-0.2, -0.15) is 0 Å². The number of phenols is 3. The van der Waals surface area contributed by atoms with Gasteiger partial charge in [-0.05, 0) is 33.7 Å². The van der Waals surface area contributed by atoms with Crippen LogP contribution in [-0.4, -0.2) is 22.4 Å². The van der Waals surface area contributed by atoms with Crippen LogP contribution in [0.3, 0.4) is 0 Å². The molecule has 0 bridgehead atoms. The molecule has 4 nitrogen and oxygen atoms in total. The molecule has 0 amide bonds. The van der Waals surface area contributed by atoms with Gasteiger partial charge in [-0.3, -0.25) is 0 Å². The van der Waals surface area contributed by atoms with Crippen LogP contribution in [0.2, 0.25) is 0 Å². The summed E-state index contributed by atoms with van der Waals surface area (Å²) >= 11 is 0. The monoisotopic (exact) mass is 332 g/mol. The topological polar surface area (TPSA) is 69.9 Å². The summed E-state index contributed by atoms with van der Waals surface area (Å²) in [7, 11) is 1.47. The van der Waals surface area contributed by atoms with Gasteiger partial charge in [0.1, 0.15) is 0 Å². The summed E-state index contributed by atoms with van der Waals surface area (Å²) in [4.78, 5) is 0. The highest BCUT2D eigenvalue weighted by Crippen LogP contribution is 2.50. The maximum absolute atomic E-state index is 10.6. The lowest BCUT2D eigenvalue weighted by Crippen LogP contribution is -1.93. The van der Waals surface area contributed by atoms with Gasteiger partial charge in [0.05, 0.1) is 7.11 Å². The molecular formula is C21H16O4. The molecule has 0 fully saturated rings. The number of fused-ring (bicyclic) bond motifs is 2. The Hall–Kier alpha value is -3.40. The molecule has 0 aliphatic rings. The second-order valence-electron chi connectivity index (χ2n) is 5.87. The van der Waals surface area contributed by atoms with E-state index >= 15 is 0 Å². The molecule has 0 aliphatic heterocycles. The van der Waals surface area contributed by atoms with Crippen molar-refractivity contribution in [2.75, 3.05) is 7.11 Å². The fourth-order valence-electron chi connectivity index (χ4n) is 3.34. The molecular weight excluding hydrogens is 316 g/mol. The zero-order valence-corrected chi connectivity index (χ0v) is 13.5. The highest BCUT2D eigenvalue weighted by molar-refractivity contribution is 6.11. The van der Waals surface area contributed by atoms with Gasteiger partial charge in [0, 0.05) is 11.1 Å². The number of hydrogen-bond donors (Lipinski definition) is 3. The Morgan fingerprint density at radius 2 is 1.20 bits per heavy atom. The van der Waals surface area contributed by atoms with Crippen LogP contribution < -0.4 is 4.74 Å². The first kappa shape index (κ1) is 15.1. The van der Waals surface area contributed by atoms with E-state index in [2.05, 4.69) is 0 Å². The number of hydrogen-bond acceptors (Lipinski definition) is 4. The zero-order valence-electron chi connectivity index (χ0n) is 13.5. The maximum Gasteiger partial charge on any atom is 0.169 e. The van der Waals surface area contributed by atoms with Crippen molar-refractivity contribution in [3.8, 4) is 34.1 Å². The van der Waals surface area contributed by atoms with Crippen LogP contribution in [0.4, 0.5) is 0 Å². The van der Waals surface area contributed by atoms with Crippen molar-refractivity contribution in [2.24, 2.45) is 0 Å². The predicted molar refractivity (Wildman–Crippen MR) is 98.4 cm³/mol. The summed E-state index contributed by atoms with van der Waals surface area (Å²) in [5.74, 6) is -0.233. The van der Waals surface area contributed by atoms with Gasteiger partial charge >= 0.3 is 0 Å².